The second kappa shape index (κ2) is 52.0. The Balaban J connectivity index is 4.34. The number of hydrogen-bond acceptors (Lipinski definition) is 6. The van der Waals surface area contributed by atoms with E-state index in [1.165, 1.54) is 148 Å². The van der Waals surface area contributed by atoms with Crippen LogP contribution in [0.2, 0.25) is 0 Å². The summed E-state index contributed by atoms with van der Waals surface area (Å²) in [5.41, 5.74) is 0. The van der Waals surface area contributed by atoms with E-state index < -0.39 is 6.10 Å². The van der Waals surface area contributed by atoms with Crippen LogP contribution in [-0.2, 0) is 28.6 Å². The van der Waals surface area contributed by atoms with Gasteiger partial charge in [-0.3, -0.25) is 14.4 Å². The van der Waals surface area contributed by atoms with Crippen LogP contribution in [0.15, 0.2) is 48.6 Å². The molecule has 0 amide bonds. The average molecular weight is 883 g/mol. The first-order valence-corrected chi connectivity index (χ1v) is 27.1. The fraction of sp³-hybridized carbons (Fsp3) is 0.807. The molecule has 0 aliphatic heterocycles. The van der Waals surface area contributed by atoms with Crippen LogP contribution in [0.4, 0.5) is 0 Å². The predicted molar refractivity (Wildman–Crippen MR) is 270 cm³/mol. The third kappa shape index (κ3) is 50.2. The van der Waals surface area contributed by atoms with Crippen LogP contribution in [0.25, 0.3) is 0 Å². The van der Waals surface area contributed by atoms with Gasteiger partial charge >= 0.3 is 17.9 Å². The number of allylic oxidation sites excluding steroid dienone is 8. The van der Waals surface area contributed by atoms with Crippen LogP contribution < -0.4 is 0 Å². The molecule has 0 rings (SSSR count). The highest BCUT2D eigenvalue weighted by Crippen LogP contribution is 2.15. The molecule has 6 nitrogen and oxygen atoms in total. The molecular weight excluding hydrogens is 781 g/mol. The van der Waals surface area contributed by atoms with Crippen LogP contribution in [0.5, 0.6) is 0 Å². The normalized spacial score (nSPS) is 12.4. The Bertz CT molecular complexity index is 1110. The van der Waals surface area contributed by atoms with Gasteiger partial charge in [-0.25, -0.2) is 0 Å². The van der Waals surface area contributed by atoms with E-state index in [9.17, 15) is 14.4 Å². The lowest BCUT2D eigenvalue weighted by Gasteiger charge is -2.18. The van der Waals surface area contributed by atoms with Crippen LogP contribution in [0.1, 0.15) is 278 Å². The van der Waals surface area contributed by atoms with Gasteiger partial charge in [-0.2, -0.15) is 0 Å². The van der Waals surface area contributed by atoms with Gasteiger partial charge in [-0.1, -0.05) is 230 Å². The molecule has 63 heavy (non-hydrogen) atoms. The zero-order chi connectivity index (χ0) is 45.8. The number of hydrogen-bond donors (Lipinski definition) is 0. The Hall–Kier alpha value is -2.63. The first kappa shape index (κ1) is 60.4. The van der Waals surface area contributed by atoms with Crippen molar-refractivity contribution in [1.82, 2.24) is 0 Å². The molecule has 0 fully saturated rings. The number of unbranched alkanes of at least 4 members (excludes halogenated alkanes) is 30. The smallest absolute Gasteiger partial charge is 0.306 e. The molecule has 0 N–H and O–H groups in total. The van der Waals surface area contributed by atoms with E-state index in [2.05, 4.69) is 69.4 Å². The summed E-state index contributed by atoms with van der Waals surface area (Å²) in [5.74, 6) is -0.887. The lowest BCUT2D eigenvalue weighted by atomic mass is 10.0. The molecule has 1 atom stereocenters. The molecule has 0 saturated carbocycles. The summed E-state index contributed by atoms with van der Waals surface area (Å²) in [6.45, 7) is 6.57. The van der Waals surface area contributed by atoms with E-state index in [4.69, 9.17) is 14.2 Å². The minimum atomic E-state index is -0.779. The SMILES string of the molecule is CCCC/C=C\C/C=C\CCCCCCCC(=O)O[C@@H](COC(=O)CCCCCCCCCCC/C=C\C/C=C\CCCCC)COC(=O)CCCCCCCCCCCCCC. The molecule has 0 spiro atoms. The third-order valence-electron chi connectivity index (χ3n) is 11.8. The lowest BCUT2D eigenvalue weighted by molar-refractivity contribution is -0.167. The Morgan fingerprint density at radius 1 is 0.317 bits per heavy atom. The summed E-state index contributed by atoms with van der Waals surface area (Å²) in [4.78, 5) is 38.0. The zero-order valence-electron chi connectivity index (χ0n) is 41.8. The van der Waals surface area contributed by atoms with Crippen LogP contribution in [0.3, 0.4) is 0 Å². The molecule has 0 aromatic heterocycles. The van der Waals surface area contributed by atoms with Crippen LogP contribution in [0, 0.1) is 0 Å². The van der Waals surface area contributed by atoms with Gasteiger partial charge in [0.05, 0.1) is 0 Å². The molecule has 0 bridgehead atoms. The standard InChI is InChI=1S/C57H102O6/c1-4-7-10-13-16-19-22-25-27-28-29-30-31-33-35-38-41-44-47-50-56(59)62-53-54(52-61-55(58)49-46-43-40-37-34-24-21-18-15-12-9-6-3)63-57(60)51-48-45-42-39-36-32-26-23-20-17-14-11-8-5-2/h14,16-17,19,23,25-27,54H,4-13,15,18,20-22,24,28-53H2,1-3H3/b17-14-,19-16-,26-23-,27-25-/t54-/m1/s1. The van der Waals surface area contributed by atoms with E-state index in [-0.39, 0.29) is 31.1 Å². The number of esters is 3. The molecule has 0 aromatic rings. The van der Waals surface area contributed by atoms with E-state index in [0.29, 0.717) is 19.3 Å². The topological polar surface area (TPSA) is 78.9 Å². The van der Waals surface area contributed by atoms with Gasteiger partial charge in [0.25, 0.3) is 0 Å². The molecule has 0 saturated heterocycles. The van der Waals surface area contributed by atoms with Crippen LogP contribution >= 0.6 is 0 Å². The maximum Gasteiger partial charge on any atom is 0.306 e. The quantitative estimate of drug-likeness (QED) is 0.0262. The highest BCUT2D eigenvalue weighted by atomic mass is 16.6. The average Bonchev–Trinajstić information content (AvgIpc) is 3.28. The van der Waals surface area contributed by atoms with Gasteiger partial charge in [-0.05, 0) is 77.0 Å². The monoisotopic (exact) mass is 883 g/mol. The van der Waals surface area contributed by atoms with Crippen molar-refractivity contribution < 1.29 is 28.6 Å². The Kier molecular flexibility index (Phi) is 49.8. The largest absolute Gasteiger partial charge is 0.462 e. The highest BCUT2D eigenvalue weighted by Gasteiger charge is 2.19. The van der Waals surface area contributed by atoms with Gasteiger partial charge in [0.1, 0.15) is 13.2 Å². The van der Waals surface area contributed by atoms with Crippen molar-refractivity contribution in [2.24, 2.45) is 0 Å². The van der Waals surface area contributed by atoms with Crippen molar-refractivity contribution in [3.8, 4) is 0 Å². The fourth-order valence-corrected chi connectivity index (χ4v) is 7.67. The van der Waals surface area contributed by atoms with Crippen molar-refractivity contribution in [1.29, 1.82) is 0 Å². The number of carbonyl (C=O) groups excluding carboxylic acids is 3. The van der Waals surface area contributed by atoms with Crippen molar-refractivity contribution >= 4 is 17.9 Å². The molecule has 0 aliphatic carbocycles. The van der Waals surface area contributed by atoms with Crippen molar-refractivity contribution in [2.75, 3.05) is 13.2 Å². The van der Waals surface area contributed by atoms with E-state index in [0.717, 1.165) is 89.9 Å². The number of carbonyl (C=O) groups is 3. The molecule has 0 heterocycles. The third-order valence-corrected chi connectivity index (χ3v) is 11.8. The van der Waals surface area contributed by atoms with Gasteiger partial charge in [0.15, 0.2) is 6.10 Å². The van der Waals surface area contributed by atoms with Crippen molar-refractivity contribution in [3.05, 3.63) is 48.6 Å². The molecule has 0 radical (unpaired) electrons. The summed E-state index contributed by atoms with van der Waals surface area (Å²) in [6.07, 6.45) is 62.3. The molecular formula is C57H102O6. The first-order chi connectivity index (χ1) is 31.0. The first-order valence-electron chi connectivity index (χ1n) is 27.1. The fourth-order valence-electron chi connectivity index (χ4n) is 7.67. The van der Waals surface area contributed by atoms with Gasteiger partial charge < -0.3 is 14.2 Å². The van der Waals surface area contributed by atoms with E-state index >= 15 is 0 Å². The maximum absolute atomic E-state index is 12.8. The summed E-state index contributed by atoms with van der Waals surface area (Å²) >= 11 is 0. The summed E-state index contributed by atoms with van der Waals surface area (Å²) < 4.78 is 16.8. The summed E-state index contributed by atoms with van der Waals surface area (Å²) in [6, 6.07) is 0. The predicted octanol–water partition coefficient (Wildman–Crippen LogP) is 17.9. The molecule has 0 unspecified atom stereocenters. The minimum Gasteiger partial charge on any atom is -0.462 e. The van der Waals surface area contributed by atoms with E-state index in [1.807, 2.05) is 0 Å². The van der Waals surface area contributed by atoms with E-state index in [1.54, 1.807) is 0 Å². The number of ether oxygens (including phenoxy) is 3. The van der Waals surface area contributed by atoms with Gasteiger partial charge in [-0.15, -0.1) is 0 Å². The second-order valence-corrected chi connectivity index (χ2v) is 18.1. The minimum absolute atomic E-state index is 0.0777. The van der Waals surface area contributed by atoms with Gasteiger partial charge in [0, 0.05) is 19.3 Å². The second-order valence-electron chi connectivity index (χ2n) is 18.1. The molecule has 366 valence electrons. The number of rotatable bonds is 49. The Labute approximate surface area is 390 Å². The van der Waals surface area contributed by atoms with Crippen molar-refractivity contribution in [2.45, 2.75) is 284 Å². The zero-order valence-corrected chi connectivity index (χ0v) is 41.8. The summed E-state index contributed by atoms with van der Waals surface area (Å²) in [5, 5.41) is 0. The van der Waals surface area contributed by atoms with Crippen molar-refractivity contribution in [3.63, 3.8) is 0 Å². The maximum atomic E-state index is 12.8. The van der Waals surface area contributed by atoms with Crippen LogP contribution in [-0.4, -0.2) is 37.2 Å². The Morgan fingerprint density at radius 3 is 0.952 bits per heavy atom. The summed E-state index contributed by atoms with van der Waals surface area (Å²) in [7, 11) is 0. The molecule has 0 aromatic carbocycles. The highest BCUT2D eigenvalue weighted by molar-refractivity contribution is 5.71. The molecule has 6 heteroatoms. The molecule has 0 aliphatic rings. The lowest BCUT2D eigenvalue weighted by Crippen LogP contribution is -2.30. The van der Waals surface area contributed by atoms with Gasteiger partial charge in [0.2, 0.25) is 0 Å². The Morgan fingerprint density at radius 2 is 0.587 bits per heavy atom.